The van der Waals surface area contributed by atoms with Gasteiger partial charge in [0.2, 0.25) is 0 Å². The van der Waals surface area contributed by atoms with Gasteiger partial charge in [0.25, 0.3) is 0 Å². The number of hydrogen-bond donors (Lipinski definition) is 0. The largest absolute Gasteiger partial charge is 0.237 e. The molecular weight excluding hydrogens is 198 g/mol. The van der Waals surface area contributed by atoms with Gasteiger partial charge in [-0.3, -0.25) is 0 Å². The van der Waals surface area contributed by atoms with E-state index in [1.54, 1.807) is 0 Å². The van der Waals surface area contributed by atoms with E-state index in [9.17, 15) is 0 Å². The van der Waals surface area contributed by atoms with Gasteiger partial charge in [-0.25, -0.2) is 9.67 Å². The highest BCUT2D eigenvalue weighted by Gasteiger charge is 2.01. The van der Waals surface area contributed by atoms with Gasteiger partial charge in [0, 0.05) is 17.8 Å². The number of nitrogens with zero attached hydrogens (tertiary/aromatic N) is 3. The second-order valence-corrected chi connectivity index (χ2v) is 3.83. The van der Waals surface area contributed by atoms with Crippen molar-refractivity contribution in [3.8, 4) is 5.82 Å². The molecule has 0 amide bonds. The zero-order chi connectivity index (χ0) is 11.0. The fourth-order valence-electron chi connectivity index (χ4n) is 1.68. The molecule has 0 radical (unpaired) electrons. The highest BCUT2D eigenvalue weighted by atomic mass is 15.3. The maximum Gasteiger partial charge on any atom is 0.153 e. The molecule has 2 aromatic heterocycles. The molecule has 3 heteroatoms. The quantitative estimate of drug-likeness (QED) is 0.617. The van der Waals surface area contributed by atoms with Crippen molar-refractivity contribution >= 4 is 10.9 Å². The maximum atomic E-state index is 4.47. The summed E-state index contributed by atoms with van der Waals surface area (Å²) < 4.78 is 1.81. The molecular formula is C13H11N3. The summed E-state index contributed by atoms with van der Waals surface area (Å²) in [6, 6.07) is 12.1. The van der Waals surface area contributed by atoms with Crippen LogP contribution >= 0.6 is 0 Å². The third kappa shape index (κ3) is 1.46. The Balaban J connectivity index is 2.15. The highest BCUT2D eigenvalue weighted by molar-refractivity contribution is 5.78. The maximum absolute atomic E-state index is 4.47. The molecule has 0 spiro atoms. The third-order valence-electron chi connectivity index (χ3n) is 2.54. The van der Waals surface area contributed by atoms with E-state index >= 15 is 0 Å². The van der Waals surface area contributed by atoms with E-state index in [2.05, 4.69) is 10.1 Å². The predicted octanol–water partition coefficient (Wildman–Crippen LogP) is 2.73. The van der Waals surface area contributed by atoms with Crippen LogP contribution in [0.4, 0.5) is 0 Å². The van der Waals surface area contributed by atoms with Gasteiger partial charge in [-0.05, 0) is 24.6 Å². The summed E-state index contributed by atoms with van der Waals surface area (Å²) in [6.07, 6.45) is 3.84. The van der Waals surface area contributed by atoms with E-state index < -0.39 is 0 Å². The van der Waals surface area contributed by atoms with Crippen LogP contribution in [-0.4, -0.2) is 14.8 Å². The average molecular weight is 209 g/mol. The van der Waals surface area contributed by atoms with Crippen molar-refractivity contribution in [2.75, 3.05) is 0 Å². The van der Waals surface area contributed by atoms with E-state index in [4.69, 9.17) is 0 Å². The van der Waals surface area contributed by atoms with Crippen molar-refractivity contribution in [1.82, 2.24) is 14.8 Å². The van der Waals surface area contributed by atoms with Crippen molar-refractivity contribution in [3.05, 3.63) is 54.4 Å². The van der Waals surface area contributed by atoms with Crippen LogP contribution in [0.25, 0.3) is 16.7 Å². The highest BCUT2D eigenvalue weighted by Crippen LogP contribution is 2.13. The molecule has 3 aromatic rings. The molecule has 0 saturated heterocycles. The van der Waals surface area contributed by atoms with E-state index in [0.717, 1.165) is 22.3 Å². The van der Waals surface area contributed by atoms with E-state index in [0.29, 0.717) is 0 Å². The zero-order valence-corrected chi connectivity index (χ0v) is 8.96. The van der Waals surface area contributed by atoms with Crippen LogP contribution in [0.15, 0.2) is 48.8 Å². The van der Waals surface area contributed by atoms with Crippen LogP contribution < -0.4 is 0 Å². The van der Waals surface area contributed by atoms with Crippen molar-refractivity contribution in [2.45, 2.75) is 6.92 Å². The monoisotopic (exact) mass is 209 g/mol. The van der Waals surface area contributed by atoms with Crippen LogP contribution in [0, 0.1) is 6.92 Å². The molecule has 78 valence electrons. The summed E-state index contributed by atoms with van der Waals surface area (Å²) in [4.78, 5) is 4.34. The summed E-state index contributed by atoms with van der Waals surface area (Å²) >= 11 is 0. The first-order chi connectivity index (χ1) is 7.83. The molecule has 16 heavy (non-hydrogen) atoms. The second-order valence-electron chi connectivity index (χ2n) is 3.83. The van der Waals surface area contributed by atoms with Crippen LogP contribution in [0.3, 0.4) is 0 Å². The van der Waals surface area contributed by atoms with Gasteiger partial charge >= 0.3 is 0 Å². The van der Waals surface area contributed by atoms with Gasteiger partial charge in [-0.1, -0.05) is 24.3 Å². The Hall–Kier alpha value is -2.16. The summed E-state index contributed by atoms with van der Waals surface area (Å²) in [5.41, 5.74) is 2.14. The summed E-state index contributed by atoms with van der Waals surface area (Å²) in [7, 11) is 0. The Morgan fingerprint density at radius 1 is 1.06 bits per heavy atom. The van der Waals surface area contributed by atoms with Gasteiger partial charge in [0.05, 0.1) is 5.52 Å². The van der Waals surface area contributed by atoms with Gasteiger partial charge in [0.1, 0.15) is 0 Å². The molecule has 0 unspecified atom stereocenters. The fourth-order valence-corrected chi connectivity index (χ4v) is 1.68. The fraction of sp³-hybridized carbons (Fsp3) is 0.0769. The lowest BCUT2D eigenvalue weighted by Gasteiger charge is -1.99. The molecule has 2 heterocycles. The normalized spacial score (nSPS) is 10.8. The summed E-state index contributed by atoms with van der Waals surface area (Å²) in [5, 5.41) is 5.60. The molecule has 0 aliphatic rings. The molecule has 3 nitrogen and oxygen atoms in total. The lowest BCUT2D eigenvalue weighted by Crippen LogP contribution is -1.97. The van der Waals surface area contributed by atoms with Crippen LogP contribution in [-0.2, 0) is 0 Å². The van der Waals surface area contributed by atoms with E-state index in [1.807, 2.05) is 60.4 Å². The van der Waals surface area contributed by atoms with Gasteiger partial charge in [0.15, 0.2) is 5.82 Å². The van der Waals surface area contributed by atoms with Crippen LogP contribution in [0.5, 0.6) is 0 Å². The van der Waals surface area contributed by atoms with Gasteiger partial charge in [-0.15, -0.1) is 0 Å². The van der Waals surface area contributed by atoms with E-state index in [1.165, 1.54) is 0 Å². The SMILES string of the molecule is Cc1ccc(-n2cc3ccccc3n2)nc1. The molecule has 0 bridgehead atoms. The molecule has 1 aromatic carbocycles. The predicted molar refractivity (Wildman–Crippen MR) is 63.6 cm³/mol. The molecule has 3 rings (SSSR count). The molecule has 0 atom stereocenters. The number of hydrogen-bond acceptors (Lipinski definition) is 2. The minimum Gasteiger partial charge on any atom is -0.237 e. The second kappa shape index (κ2) is 3.45. The lowest BCUT2D eigenvalue weighted by molar-refractivity contribution is 0.858. The first kappa shape index (κ1) is 9.09. The van der Waals surface area contributed by atoms with Crippen molar-refractivity contribution < 1.29 is 0 Å². The number of rotatable bonds is 1. The average Bonchev–Trinajstić information content (AvgIpc) is 2.73. The number of aromatic nitrogens is 3. The van der Waals surface area contributed by atoms with Crippen molar-refractivity contribution in [2.24, 2.45) is 0 Å². The first-order valence-corrected chi connectivity index (χ1v) is 5.20. The van der Waals surface area contributed by atoms with E-state index in [-0.39, 0.29) is 0 Å². The van der Waals surface area contributed by atoms with Gasteiger partial charge < -0.3 is 0 Å². The third-order valence-corrected chi connectivity index (χ3v) is 2.54. The summed E-state index contributed by atoms with van der Waals surface area (Å²) in [6.45, 7) is 2.02. The molecule has 0 aliphatic heterocycles. The Labute approximate surface area is 93.4 Å². The van der Waals surface area contributed by atoms with Gasteiger partial charge in [-0.2, -0.15) is 5.10 Å². The smallest absolute Gasteiger partial charge is 0.153 e. The minimum atomic E-state index is 0.849. The molecule has 0 aliphatic carbocycles. The first-order valence-electron chi connectivity index (χ1n) is 5.20. The van der Waals surface area contributed by atoms with Crippen molar-refractivity contribution in [3.63, 3.8) is 0 Å². The number of pyridine rings is 1. The van der Waals surface area contributed by atoms with Crippen LogP contribution in [0.1, 0.15) is 5.56 Å². The number of fused-ring (bicyclic) bond motifs is 1. The Bertz CT molecular complexity index is 590. The molecule has 0 N–H and O–H groups in total. The standard InChI is InChI=1S/C13H11N3/c1-10-6-7-13(14-8-10)16-9-11-4-2-3-5-12(11)15-16/h2-9H,1H3. The Morgan fingerprint density at radius 2 is 1.94 bits per heavy atom. The topological polar surface area (TPSA) is 30.7 Å². The number of benzene rings is 1. The minimum absolute atomic E-state index is 0.849. The molecule has 0 fully saturated rings. The zero-order valence-electron chi connectivity index (χ0n) is 8.96. The summed E-state index contributed by atoms with van der Waals surface area (Å²) in [5.74, 6) is 0.849. The number of aryl methyl sites for hydroxylation is 1. The lowest BCUT2D eigenvalue weighted by atomic mass is 10.3. The Kier molecular flexibility index (Phi) is 1.96. The Morgan fingerprint density at radius 3 is 2.69 bits per heavy atom. The molecule has 0 saturated carbocycles. The van der Waals surface area contributed by atoms with Crippen LogP contribution in [0.2, 0.25) is 0 Å². The van der Waals surface area contributed by atoms with Crippen molar-refractivity contribution in [1.29, 1.82) is 0 Å².